The van der Waals surface area contributed by atoms with Gasteiger partial charge in [0.15, 0.2) is 0 Å². The van der Waals surface area contributed by atoms with Crippen LogP contribution in [0.15, 0.2) is 22.7 Å². The lowest BCUT2D eigenvalue weighted by Crippen LogP contribution is -2.30. The van der Waals surface area contributed by atoms with Crippen molar-refractivity contribution in [2.24, 2.45) is 5.92 Å². The van der Waals surface area contributed by atoms with Crippen LogP contribution < -0.4 is 10.1 Å². The van der Waals surface area contributed by atoms with E-state index in [2.05, 4.69) is 21.2 Å². The number of ether oxygens (including phenoxy) is 1. The van der Waals surface area contributed by atoms with Crippen LogP contribution >= 0.6 is 27.5 Å². The zero-order chi connectivity index (χ0) is 12.1. The molecule has 1 aromatic carbocycles. The fourth-order valence-electron chi connectivity index (χ4n) is 2.10. The van der Waals surface area contributed by atoms with Gasteiger partial charge >= 0.3 is 0 Å². The molecule has 1 aliphatic heterocycles. The first kappa shape index (κ1) is 13.2. The zero-order valence-electron chi connectivity index (χ0n) is 9.72. The number of piperidine rings is 1. The van der Waals surface area contributed by atoms with Gasteiger partial charge in [-0.1, -0.05) is 27.5 Å². The minimum atomic E-state index is 0.668. The van der Waals surface area contributed by atoms with Crippen LogP contribution in [0.3, 0.4) is 0 Å². The molecule has 1 saturated heterocycles. The molecule has 0 amide bonds. The highest BCUT2D eigenvalue weighted by Gasteiger charge is 2.13. The van der Waals surface area contributed by atoms with E-state index in [-0.39, 0.29) is 0 Å². The molecule has 0 unspecified atom stereocenters. The Hall–Kier alpha value is -0.250. The van der Waals surface area contributed by atoms with Crippen molar-refractivity contribution >= 4 is 27.5 Å². The molecular formula is C13H17BrClNO. The topological polar surface area (TPSA) is 21.3 Å². The molecule has 1 aliphatic rings. The maximum absolute atomic E-state index is 6.08. The van der Waals surface area contributed by atoms with Crippen molar-refractivity contribution in [2.45, 2.75) is 19.3 Å². The fraction of sp³-hybridized carbons (Fsp3) is 0.538. The van der Waals surface area contributed by atoms with Crippen LogP contribution in [0.4, 0.5) is 0 Å². The van der Waals surface area contributed by atoms with Crippen molar-refractivity contribution in [1.29, 1.82) is 0 Å². The lowest BCUT2D eigenvalue weighted by molar-refractivity contribution is 0.254. The smallest absolute Gasteiger partial charge is 0.137 e. The number of rotatable bonds is 4. The van der Waals surface area contributed by atoms with Crippen molar-refractivity contribution in [1.82, 2.24) is 5.32 Å². The first-order chi connectivity index (χ1) is 8.25. The Kier molecular flexibility index (Phi) is 5.14. The van der Waals surface area contributed by atoms with E-state index < -0.39 is 0 Å². The van der Waals surface area contributed by atoms with Gasteiger partial charge in [-0.05, 0) is 56.5 Å². The van der Waals surface area contributed by atoms with Crippen molar-refractivity contribution in [3.05, 3.63) is 27.7 Å². The average molecular weight is 319 g/mol. The summed E-state index contributed by atoms with van der Waals surface area (Å²) in [6.45, 7) is 3.03. The maximum Gasteiger partial charge on any atom is 0.137 e. The molecule has 17 heavy (non-hydrogen) atoms. The van der Waals surface area contributed by atoms with E-state index in [9.17, 15) is 0 Å². The van der Waals surface area contributed by atoms with E-state index >= 15 is 0 Å². The summed E-state index contributed by atoms with van der Waals surface area (Å²) in [6, 6.07) is 5.72. The molecule has 2 nitrogen and oxygen atoms in total. The average Bonchev–Trinajstić information content (AvgIpc) is 2.33. The summed E-state index contributed by atoms with van der Waals surface area (Å²) in [6.07, 6.45) is 3.69. The SMILES string of the molecule is Clc1cc(Br)ccc1OCC[C@@H]1CCCNC1. The summed E-state index contributed by atoms with van der Waals surface area (Å²) < 4.78 is 6.69. The third-order valence-electron chi connectivity index (χ3n) is 3.08. The molecule has 94 valence electrons. The van der Waals surface area contributed by atoms with Gasteiger partial charge in [-0.25, -0.2) is 0 Å². The normalized spacial score (nSPS) is 20.2. The van der Waals surface area contributed by atoms with E-state index in [1.165, 1.54) is 12.8 Å². The monoisotopic (exact) mass is 317 g/mol. The summed E-state index contributed by atoms with van der Waals surface area (Å²) in [5, 5.41) is 4.08. The van der Waals surface area contributed by atoms with Crippen molar-refractivity contribution in [3.8, 4) is 5.75 Å². The lowest BCUT2D eigenvalue weighted by atomic mass is 9.97. The molecule has 0 saturated carbocycles. The zero-order valence-corrected chi connectivity index (χ0v) is 12.1. The van der Waals surface area contributed by atoms with Crippen LogP contribution in [0.2, 0.25) is 5.02 Å². The Morgan fingerprint density at radius 3 is 3.06 bits per heavy atom. The second-order valence-corrected chi connectivity index (χ2v) is 5.75. The summed E-state index contributed by atoms with van der Waals surface area (Å²) in [4.78, 5) is 0. The predicted octanol–water partition coefficient (Wildman–Crippen LogP) is 3.87. The first-order valence-corrected chi connectivity index (χ1v) is 7.21. The standard InChI is InChI=1S/C13H17BrClNO/c14-11-3-4-13(12(15)8-11)17-7-5-10-2-1-6-16-9-10/h3-4,8,10,16H,1-2,5-7,9H2/t10-/m0/s1. The third-order valence-corrected chi connectivity index (χ3v) is 3.87. The van der Waals surface area contributed by atoms with Crippen molar-refractivity contribution < 1.29 is 4.74 Å². The molecule has 1 heterocycles. The van der Waals surface area contributed by atoms with E-state index in [4.69, 9.17) is 16.3 Å². The van der Waals surface area contributed by atoms with Crippen LogP contribution in [0.25, 0.3) is 0 Å². The highest BCUT2D eigenvalue weighted by Crippen LogP contribution is 2.28. The Labute approximate surface area is 116 Å². The molecule has 0 aromatic heterocycles. The second kappa shape index (κ2) is 6.62. The lowest BCUT2D eigenvalue weighted by Gasteiger charge is -2.22. The van der Waals surface area contributed by atoms with Gasteiger partial charge in [-0.15, -0.1) is 0 Å². The molecule has 4 heteroatoms. The molecule has 0 radical (unpaired) electrons. The first-order valence-electron chi connectivity index (χ1n) is 6.04. The highest BCUT2D eigenvalue weighted by atomic mass is 79.9. The molecule has 1 fully saturated rings. The number of hydrogen-bond acceptors (Lipinski definition) is 2. The summed E-state index contributed by atoms with van der Waals surface area (Å²) in [5.74, 6) is 1.52. The third kappa shape index (κ3) is 4.16. The van der Waals surface area contributed by atoms with E-state index in [0.29, 0.717) is 5.02 Å². The van der Waals surface area contributed by atoms with Gasteiger partial charge < -0.3 is 10.1 Å². The minimum absolute atomic E-state index is 0.668. The number of halogens is 2. The maximum atomic E-state index is 6.08. The van der Waals surface area contributed by atoms with Crippen LogP contribution in [-0.2, 0) is 0 Å². The van der Waals surface area contributed by atoms with Gasteiger partial charge in [0.25, 0.3) is 0 Å². The number of hydrogen-bond donors (Lipinski definition) is 1. The molecule has 1 aromatic rings. The molecule has 1 atom stereocenters. The Balaban J connectivity index is 1.77. The Morgan fingerprint density at radius 2 is 2.35 bits per heavy atom. The van der Waals surface area contributed by atoms with Crippen LogP contribution in [-0.4, -0.2) is 19.7 Å². The van der Waals surface area contributed by atoms with E-state index in [1.54, 1.807) is 0 Å². The summed E-state index contributed by atoms with van der Waals surface area (Å²) >= 11 is 9.46. The second-order valence-electron chi connectivity index (χ2n) is 4.42. The van der Waals surface area contributed by atoms with Gasteiger partial charge in [0.1, 0.15) is 5.75 Å². The van der Waals surface area contributed by atoms with E-state index in [0.717, 1.165) is 42.3 Å². The van der Waals surface area contributed by atoms with Crippen molar-refractivity contribution in [3.63, 3.8) is 0 Å². The quantitative estimate of drug-likeness (QED) is 0.910. The van der Waals surface area contributed by atoms with Crippen LogP contribution in [0.1, 0.15) is 19.3 Å². The number of nitrogens with one attached hydrogen (secondary N) is 1. The van der Waals surface area contributed by atoms with Crippen LogP contribution in [0, 0.1) is 5.92 Å². The predicted molar refractivity (Wildman–Crippen MR) is 74.9 cm³/mol. The van der Waals surface area contributed by atoms with Gasteiger partial charge in [-0.2, -0.15) is 0 Å². The highest BCUT2D eigenvalue weighted by molar-refractivity contribution is 9.10. The molecule has 0 spiro atoms. The summed E-state index contributed by atoms with van der Waals surface area (Å²) in [5.41, 5.74) is 0. The molecule has 0 bridgehead atoms. The molecule has 0 aliphatic carbocycles. The Bertz CT molecular complexity index is 366. The van der Waals surface area contributed by atoms with Gasteiger partial charge in [0.2, 0.25) is 0 Å². The Morgan fingerprint density at radius 1 is 1.47 bits per heavy atom. The minimum Gasteiger partial charge on any atom is -0.492 e. The number of benzene rings is 1. The van der Waals surface area contributed by atoms with Crippen LogP contribution in [0.5, 0.6) is 5.75 Å². The molecule has 2 rings (SSSR count). The van der Waals surface area contributed by atoms with Gasteiger partial charge in [0, 0.05) is 4.47 Å². The van der Waals surface area contributed by atoms with Gasteiger partial charge in [-0.3, -0.25) is 0 Å². The molecule has 1 N–H and O–H groups in total. The molecular weight excluding hydrogens is 302 g/mol. The van der Waals surface area contributed by atoms with E-state index in [1.807, 2.05) is 18.2 Å². The van der Waals surface area contributed by atoms with Gasteiger partial charge in [0.05, 0.1) is 11.6 Å². The summed E-state index contributed by atoms with van der Waals surface area (Å²) in [7, 11) is 0. The largest absolute Gasteiger partial charge is 0.492 e. The fourth-order valence-corrected chi connectivity index (χ4v) is 2.83. The van der Waals surface area contributed by atoms with Crippen molar-refractivity contribution in [2.75, 3.05) is 19.7 Å².